The van der Waals surface area contributed by atoms with Crippen LogP contribution in [0.1, 0.15) is 30.7 Å². The number of hydrogen-bond donors (Lipinski definition) is 1. The number of carboxylic acid groups (broad SMARTS) is 1. The van der Waals surface area contributed by atoms with Gasteiger partial charge in [-0.2, -0.15) is 13.2 Å². The van der Waals surface area contributed by atoms with Crippen molar-refractivity contribution in [2.45, 2.75) is 32.0 Å². The molecule has 1 aromatic rings. The van der Waals surface area contributed by atoms with Gasteiger partial charge in [0.2, 0.25) is 0 Å². The molecule has 1 atom stereocenters. The van der Waals surface area contributed by atoms with E-state index in [1.54, 1.807) is 6.07 Å². The molecule has 0 aromatic carbocycles. The summed E-state index contributed by atoms with van der Waals surface area (Å²) in [6.45, 7) is 1.56. The minimum Gasteiger partial charge on any atom is -0.481 e. The summed E-state index contributed by atoms with van der Waals surface area (Å²) >= 11 is 0. The van der Waals surface area contributed by atoms with Crippen molar-refractivity contribution in [3.8, 4) is 0 Å². The normalized spacial score (nSPS) is 21.0. The van der Waals surface area contributed by atoms with Crippen molar-refractivity contribution in [3.63, 3.8) is 0 Å². The maximum Gasteiger partial charge on any atom is 0.433 e. The van der Waals surface area contributed by atoms with Gasteiger partial charge in [-0.3, -0.25) is 9.69 Å². The summed E-state index contributed by atoms with van der Waals surface area (Å²) in [7, 11) is 0. The maximum absolute atomic E-state index is 12.6. The van der Waals surface area contributed by atoms with Gasteiger partial charge in [0.1, 0.15) is 5.69 Å². The van der Waals surface area contributed by atoms with Gasteiger partial charge in [-0.25, -0.2) is 4.98 Å². The average molecular weight is 302 g/mol. The van der Waals surface area contributed by atoms with Crippen molar-refractivity contribution < 1.29 is 23.1 Å². The van der Waals surface area contributed by atoms with Crippen LogP contribution in [0.15, 0.2) is 18.2 Å². The molecule has 1 fully saturated rings. The van der Waals surface area contributed by atoms with Crippen LogP contribution in [0.5, 0.6) is 0 Å². The molecule has 1 aromatic heterocycles. The van der Waals surface area contributed by atoms with E-state index in [4.69, 9.17) is 5.11 Å². The van der Waals surface area contributed by atoms with Crippen LogP contribution in [-0.4, -0.2) is 34.0 Å². The highest BCUT2D eigenvalue weighted by atomic mass is 19.4. The van der Waals surface area contributed by atoms with Crippen LogP contribution in [0.25, 0.3) is 0 Å². The summed E-state index contributed by atoms with van der Waals surface area (Å²) in [6, 6.07) is 3.87. The Labute approximate surface area is 120 Å². The second-order valence-corrected chi connectivity index (χ2v) is 5.25. The van der Waals surface area contributed by atoms with E-state index in [9.17, 15) is 18.0 Å². The number of halogens is 3. The van der Waals surface area contributed by atoms with Crippen LogP contribution in [-0.2, 0) is 17.5 Å². The quantitative estimate of drug-likeness (QED) is 0.933. The van der Waals surface area contributed by atoms with E-state index in [0.717, 1.165) is 12.5 Å². The molecule has 1 aliphatic heterocycles. The Morgan fingerprint density at radius 3 is 2.76 bits per heavy atom. The molecule has 2 heterocycles. The molecule has 7 heteroatoms. The molecule has 0 amide bonds. The van der Waals surface area contributed by atoms with Crippen LogP contribution in [0.4, 0.5) is 13.2 Å². The van der Waals surface area contributed by atoms with Gasteiger partial charge in [-0.1, -0.05) is 6.07 Å². The van der Waals surface area contributed by atoms with Crippen LogP contribution >= 0.6 is 0 Å². The molecule has 0 radical (unpaired) electrons. The van der Waals surface area contributed by atoms with E-state index in [0.29, 0.717) is 38.2 Å². The average Bonchev–Trinajstić information content (AvgIpc) is 2.64. The Balaban J connectivity index is 2.00. The first-order valence-corrected chi connectivity index (χ1v) is 6.84. The highest BCUT2D eigenvalue weighted by Gasteiger charge is 2.32. The van der Waals surface area contributed by atoms with Crippen LogP contribution < -0.4 is 0 Å². The molecule has 4 nitrogen and oxygen atoms in total. The van der Waals surface area contributed by atoms with Gasteiger partial charge >= 0.3 is 12.1 Å². The Morgan fingerprint density at radius 1 is 1.33 bits per heavy atom. The van der Waals surface area contributed by atoms with Crippen molar-refractivity contribution in [2.75, 3.05) is 13.1 Å². The van der Waals surface area contributed by atoms with E-state index in [2.05, 4.69) is 4.98 Å². The molecule has 1 saturated heterocycles. The minimum absolute atomic E-state index is 0.316. The van der Waals surface area contributed by atoms with Crippen LogP contribution in [0.2, 0.25) is 0 Å². The van der Waals surface area contributed by atoms with E-state index < -0.39 is 17.8 Å². The lowest BCUT2D eigenvalue weighted by Gasteiger charge is -2.19. The lowest BCUT2D eigenvalue weighted by atomic mass is 10.0. The van der Waals surface area contributed by atoms with Gasteiger partial charge in [-0.15, -0.1) is 0 Å². The van der Waals surface area contributed by atoms with E-state index in [-0.39, 0.29) is 5.92 Å². The summed E-state index contributed by atoms with van der Waals surface area (Å²) in [5, 5.41) is 9.01. The minimum atomic E-state index is -4.44. The topological polar surface area (TPSA) is 53.4 Å². The summed E-state index contributed by atoms with van der Waals surface area (Å²) < 4.78 is 37.8. The molecule has 0 saturated carbocycles. The van der Waals surface area contributed by atoms with Gasteiger partial charge in [0.05, 0.1) is 11.6 Å². The third-order valence-electron chi connectivity index (χ3n) is 3.65. The van der Waals surface area contributed by atoms with Gasteiger partial charge in [0, 0.05) is 6.54 Å². The zero-order valence-corrected chi connectivity index (χ0v) is 11.4. The Hall–Kier alpha value is -1.63. The number of carbonyl (C=O) groups is 1. The van der Waals surface area contributed by atoms with Crippen molar-refractivity contribution in [3.05, 3.63) is 29.6 Å². The SMILES string of the molecule is O=C(O)C1CCCN(Cc2cccc(C(F)(F)F)n2)CC1. The Kier molecular flexibility index (Phi) is 4.82. The molecule has 116 valence electrons. The number of carboxylic acids is 1. The number of pyridine rings is 1. The zero-order chi connectivity index (χ0) is 15.5. The van der Waals surface area contributed by atoms with Gasteiger partial charge < -0.3 is 5.11 Å². The number of rotatable bonds is 3. The zero-order valence-electron chi connectivity index (χ0n) is 11.4. The molecular formula is C14H17F3N2O2. The first-order chi connectivity index (χ1) is 9.86. The third-order valence-corrected chi connectivity index (χ3v) is 3.65. The molecule has 0 aliphatic carbocycles. The number of hydrogen-bond acceptors (Lipinski definition) is 3. The maximum atomic E-state index is 12.6. The summed E-state index contributed by atoms with van der Waals surface area (Å²) in [5.74, 6) is -1.15. The number of aromatic nitrogens is 1. The second-order valence-electron chi connectivity index (χ2n) is 5.25. The van der Waals surface area contributed by atoms with E-state index in [1.165, 1.54) is 6.07 Å². The van der Waals surface area contributed by atoms with E-state index in [1.807, 2.05) is 4.90 Å². The van der Waals surface area contributed by atoms with Crippen molar-refractivity contribution in [1.82, 2.24) is 9.88 Å². The first kappa shape index (κ1) is 15.8. The highest BCUT2D eigenvalue weighted by molar-refractivity contribution is 5.69. The fraction of sp³-hybridized carbons (Fsp3) is 0.571. The van der Waals surface area contributed by atoms with Crippen molar-refractivity contribution in [2.24, 2.45) is 5.92 Å². The largest absolute Gasteiger partial charge is 0.481 e. The number of likely N-dealkylation sites (tertiary alicyclic amines) is 1. The number of aliphatic carboxylic acids is 1. The number of alkyl halides is 3. The smallest absolute Gasteiger partial charge is 0.433 e. The molecule has 0 spiro atoms. The first-order valence-electron chi connectivity index (χ1n) is 6.84. The van der Waals surface area contributed by atoms with Gasteiger partial charge in [-0.05, 0) is 44.5 Å². The third kappa shape index (κ3) is 4.42. The molecule has 1 aliphatic rings. The Bertz CT molecular complexity index is 505. The predicted molar refractivity (Wildman–Crippen MR) is 69.5 cm³/mol. The van der Waals surface area contributed by atoms with Crippen molar-refractivity contribution in [1.29, 1.82) is 0 Å². The number of nitrogens with zero attached hydrogens (tertiary/aromatic N) is 2. The standard InChI is InChI=1S/C14H17F3N2O2/c15-14(16,17)12-5-1-4-11(18-12)9-19-7-2-3-10(6-8-19)13(20)21/h1,4-5,10H,2-3,6-9H2,(H,20,21). The summed E-state index contributed by atoms with van der Waals surface area (Å²) in [6.07, 6.45) is -2.57. The lowest BCUT2D eigenvalue weighted by molar-refractivity contribution is -0.142. The molecule has 1 unspecified atom stereocenters. The molecule has 0 bridgehead atoms. The second kappa shape index (κ2) is 6.43. The van der Waals surface area contributed by atoms with Crippen LogP contribution in [0, 0.1) is 5.92 Å². The molecular weight excluding hydrogens is 285 g/mol. The molecule has 2 rings (SSSR count). The van der Waals surface area contributed by atoms with Crippen LogP contribution in [0.3, 0.4) is 0 Å². The van der Waals surface area contributed by atoms with Crippen molar-refractivity contribution >= 4 is 5.97 Å². The lowest BCUT2D eigenvalue weighted by Crippen LogP contribution is -2.25. The fourth-order valence-electron chi connectivity index (χ4n) is 2.52. The van der Waals surface area contributed by atoms with E-state index >= 15 is 0 Å². The van der Waals surface area contributed by atoms with Gasteiger partial charge in [0.25, 0.3) is 0 Å². The highest BCUT2D eigenvalue weighted by Crippen LogP contribution is 2.27. The monoisotopic (exact) mass is 302 g/mol. The predicted octanol–water partition coefficient (Wildman–Crippen LogP) is 2.79. The summed E-state index contributed by atoms with van der Waals surface area (Å²) in [5.41, 5.74) is -0.531. The Morgan fingerprint density at radius 2 is 2.10 bits per heavy atom. The molecule has 1 N–H and O–H groups in total. The summed E-state index contributed by atoms with van der Waals surface area (Å²) in [4.78, 5) is 16.6. The fourth-order valence-corrected chi connectivity index (χ4v) is 2.52. The van der Waals surface area contributed by atoms with Gasteiger partial charge in [0.15, 0.2) is 0 Å². The molecule has 21 heavy (non-hydrogen) atoms.